The van der Waals surface area contributed by atoms with Crippen LogP contribution in [0.4, 0.5) is 8.78 Å². The Kier molecular flexibility index (Phi) is 4.70. The third-order valence-corrected chi connectivity index (χ3v) is 6.10. The second-order valence-corrected chi connectivity index (χ2v) is 7.99. The molecule has 1 aliphatic heterocycles. The van der Waals surface area contributed by atoms with Gasteiger partial charge in [0, 0.05) is 4.11 Å². The molecular formula is C18H16BrClF2N2O7. The smallest absolute Gasteiger partial charge is 0.207 e. The Labute approximate surface area is 190 Å². The number of ether oxygens (including phenoxy) is 1. The summed E-state index contributed by atoms with van der Waals surface area (Å²) in [5, 5.41) is 33.2. The zero-order valence-electron chi connectivity index (χ0n) is 18.4. The van der Waals surface area contributed by atoms with Crippen molar-refractivity contribution in [3.8, 4) is 0 Å². The molecular weight excluding hydrogens is 510 g/mol. The number of carbonyl (C=O) groups excluding carboxylic acids is 3. The van der Waals surface area contributed by atoms with Crippen molar-refractivity contribution in [1.82, 2.24) is 9.55 Å². The van der Waals surface area contributed by atoms with E-state index in [0.717, 1.165) is 6.07 Å². The predicted molar refractivity (Wildman–Crippen MR) is 104 cm³/mol. The molecule has 0 aliphatic carbocycles. The minimum atomic E-state index is -3.78. The predicted octanol–water partition coefficient (Wildman–Crippen LogP) is 1.22. The number of carbonyl (C=O) groups is 3. The summed E-state index contributed by atoms with van der Waals surface area (Å²) in [4.78, 5) is 41.8. The van der Waals surface area contributed by atoms with Gasteiger partial charge >= 0.3 is 0 Å². The minimum absolute atomic E-state index is 0.407. The number of ketones is 3. The van der Waals surface area contributed by atoms with E-state index in [0.29, 0.717) is 4.57 Å². The lowest BCUT2D eigenvalue weighted by Crippen LogP contribution is -2.82. The summed E-state index contributed by atoms with van der Waals surface area (Å²) < 4.78 is 56.1. The van der Waals surface area contributed by atoms with Gasteiger partial charge in [-0.1, -0.05) is 11.6 Å². The molecule has 168 valence electrons. The molecule has 0 bridgehead atoms. The Bertz CT molecular complexity index is 1220. The van der Waals surface area contributed by atoms with Gasteiger partial charge in [-0.3, -0.25) is 19.0 Å². The summed E-state index contributed by atoms with van der Waals surface area (Å²) in [5.74, 6) is -7.86. The number of Topliss-reactive ketones (excluding diaryl/α,β-unsaturated/α-hetero) is 3. The molecule has 1 unspecified atom stereocenters. The number of fused-ring (bicyclic) bond motifs is 1. The highest BCUT2D eigenvalue weighted by atomic mass is 79.9. The van der Waals surface area contributed by atoms with Crippen LogP contribution >= 0.6 is 27.5 Å². The van der Waals surface area contributed by atoms with Crippen LogP contribution in [-0.4, -0.2) is 65.6 Å². The van der Waals surface area contributed by atoms with Gasteiger partial charge < -0.3 is 20.1 Å². The first-order chi connectivity index (χ1) is 15.8. The highest BCUT2D eigenvalue weighted by molar-refractivity contribution is 9.10. The average Bonchev–Trinajstić information content (AvgIpc) is 3.14. The van der Waals surface area contributed by atoms with Crippen LogP contribution in [0.5, 0.6) is 0 Å². The van der Waals surface area contributed by atoms with Crippen molar-refractivity contribution in [3.05, 3.63) is 27.5 Å². The molecule has 13 heteroatoms. The van der Waals surface area contributed by atoms with E-state index in [1.165, 1.54) is 0 Å². The van der Waals surface area contributed by atoms with Gasteiger partial charge in [-0.15, -0.1) is 0 Å². The van der Waals surface area contributed by atoms with E-state index in [9.17, 15) is 38.5 Å². The molecule has 2 heterocycles. The first-order valence-electron chi connectivity index (χ1n) is 10.4. The van der Waals surface area contributed by atoms with Crippen molar-refractivity contribution in [1.29, 1.82) is 0 Å². The number of rotatable bonds is 4. The largest absolute Gasteiger partial charge is 0.376 e. The quantitative estimate of drug-likeness (QED) is 0.504. The maximum absolute atomic E-state index is 14.5. The van der Waals surface area contributed by atoms with E-state index in [2.05, 4.69) is 20.9 Å². The van der Waals surface area contributed by atoms with Crippen molar-refractivity contribution in [2.24, 2.45) is 0 Å². The van der Waals surface area contributed by atoms with Gasteiger partial charge in [0.25, 0.3) is 0 Å². The van der Waals surface area contributed by atoms with Crippen molar-refractivity contribution in [2.45, 2.75) is 43.7 Å². The third-order valence-electron chi connectivity index (χ3n) is 5.26. The topological polar surface area (TPSA) is 139 Å². The molecule has 9 nitrogen and oxygen atoms in total. The second kappa shape index (κ2) is 7.36. The lowest BCUT2D eigenvalue weighted by molar-refractivity contribution is -0.310. The zero-order valence-corrected chi connectivity index (χ0v) is 17.7. The van der Waals surface area contributed by atoms with E-state index in [1.807, 2.05) is 0 Å². The molecule has 3 rings (SSSR count). The van der Waals surface area contributed by atoms with Crippen LogP contribution in [0.2, 0.25) is 5.02 Å². The first-order valence-corrected chi connectivity index (χ1v) is 9.42. The number of halogens is 4. The van der Waals surface area contributed by atoms with Gasteiger partial charge in [0.2, 0.25) is 11.2 Å². The third kappa shape index (κ3) is 2.86. The van der Waals surface area contributed by atoms with Crippen LogP contribution in [-0.2, 0) is 19.1 Å². The molecule has 1 aliphatic rings. The van der Waals surface area contributed by atoms with Gasteiger partial charge in [-0.05, 0) is 42.7 Å². The molecule has 3 N–H and O–H groups in total. The molecule has 0 amide bonds. The Morgan fingerprint density at radius 1 is 1.23 bits per heavy atom. The summed E-state index contributed by atoms with van der Waals surface area (Å²) >= 11 is 8.62. The molecule has 4 atom stereocenters. The molecule has 1 saturated heterocycles. The number of nitrogens with zero attached hydrogens (tertiary/aromatic N) is 2. The van der Waals surface area contributed by atoms with Crippen LogP contribution in [0.25, 0.3) is 11.0 Å². The van der Waals surface area contributed by atoms with E-state index < -0.39 is 100 Å². The molecule has 0 radical (unpaired) electrons. The number of imidazole rings is 1. The zero-order chi connectivity index (χ0) is 25.8. The van der Waals surface area contributed by atoms with E-state index >= 15 is 0 Å². The number of aromatic nitrogens is 2. The van der Waals surface area contributed by atoms with E-state index in [1.54, 1.807) is 0 Å². The van der Waals surface area contributed by atoms with Gasteiger partial charge in [0.1, 0.15) is 5.52 Å². The molecule has 1 aromatic carbocycles. The second-order valence-electron chi connectivity index (χ2n) is 6.87. The minimum Gasteiger partial charge on any atom is -0.376 e. The van der Waals surface area contributed by atoms with Gasteiger partial charge in [-0.2, -0.15) is 0 Å². The Hall–Kier alpha value is -1.83. The van der Waals surface area contributed by atoms with Crippen molar-refractivity contribution < 1.29 is 47.3 Å². The molecule has 31 heavy (non-hydrogen) atoms. The van der Waals surface area contributed by atoms with Crippen LogP contribution in [0.3, 0.4) is 0 Å². The Balaban J connectivity index is 2.43. The highest BCUT2D eigenvalue weighted by Crippen LogP contribution is 2.49. The fourth-order valence-electron chi connectivity index (χ4n) is 3.58. The summed E-state index contributed by atoms with van der Waals surface area (Å²) in [6, 6.07) is 0.836. The molecule has 1 fully saturated rings. The maximum atomic E-state index is 14.5. The van der Waals surface area contributed by atoms with Gasteiger partial charge in [0.15, 0.2) is 45.5 Å². The molecule has 1 aromatic heterocycles. The lowest BCUT2D eigenvalue weighted by Gasteiger charge is -2.55. The normalized spacial score (nSPS) is 32.4. The van der Waals surface area contributed by atoms with Crippen LogP contribution in [0, 0.1) is 11.6 Å². The van der Waals surface area contributed by atoms with Crippen molar-refractivity contribution >= 4 is 55.9 Å². The van der Waals surface area contributed by atoms with Gasteiger partial charge in [-0.25, -0.2) is 13.8 Å². The summed E-state index contributed by atoms with van der Waals surface area (Å²) in [5.41, 5.74) is -11.9. The number of hydrogen-bond acceptors (Lipinski definition) is 8. The Morgan fingerprint density at radius 3 is 2.42 bits per heavy atom. The molecule has 0 spiro atoms. The lowest BCUT2D eigenvalue weighted by atomic mass is 9.63. The van der Waals surface area contributed by atoms with E-state index in [-0.39, 0.29) is 0 Å². The molecule has 2 aromatic rings. The SMILES string of the molecule is [2H]CC(=O)[C@@]1(O)[C@@](O)(C(=O)C[2H])COC(n2c(Br)nc3c(F)c(F)c(Cl)cc32)[C@@]1(O)C(=O)C[2H]. The first kappa shape index (κ1) is 19.8. The fourth-order valence-corrected chi connectivity index (χ4v) is 4.32. The fraction of sp³-hybridized carbons (Fsp3) is 0.444. The Morgan fingerprint density at radius 2 is 1.84 bits per heavy atom. The standard InChI is InChI=1S/C18H16BrClF2N2O7/c1-6(25)16(28)5-31-14(17(29,7(2)26)18(16,30)8(3)27)24-10-4-9(20)11(21)12(22)13(10)23-15(24)19/h4,14,28-30H,5H2,1-3H3/t14?,16-,17-,18+/m0/s1/i1D,2D,3D. The van der Waals surface area contributed by atoms with E-state index in [4.69, 9.17) is 20.5 Å². The monoisotopic (exact) mass is 527 g/mol. The van der Waals surface area contributed by atoms with Crippen LogP contribution in [0.1, 0.15) is 31.0 Å². The maximum Gasteiger partial charge on any atom is 0.207 e. The number of hydrogen-bond donors (Lipinski definition) is 3. The van der Waals surface area contributed by atoms with Crippen LogP contribution in [0.15, 0.2) is 10.8 Å². The molecule has 0 saturated carbocycles. The van der Waals surface area contributed by atoms with Crippen LogP contribution < -0.4 is 0 Å². The van der Waals surface area contributed by atoms with Crippen molar-refractivity contribution in [3.63, 3.8) is 0 Å². The summed E-state index contributed by atoms with van der Waals surface area (Å²) in [6.45, 7) is -5.15. The average molecular weight is 529 g/mol. The number of benzene rings is 1. The number of aliphatic hydroxyl groups is 3. The summed E-state index contributed by atoms with van der Waals surface area (Å²) in [6.07, 6.45) is -2.27. The van der Waals surface area contributed by atoms with Gasteiger partial charge in [0.05, 0.1) is 17.1 Å². The summed E-state index contributed by atoms with van der Waals surface area (Å²) in [7, 11) is 0. The highest BCUT2D eigenvalue weighted by Gasteiger charge is 2.75. The van der Waals surface area contributed by atoms with Crippen molar-refractivity contribution in [2.75, 3.05) is 6.61 Å².